The van der Waals surface area contributed by atoms with Gasteiger partial charge in [0.25, 0.3) is 5.97 Å². The standard InChI is InChI=1S/C14H21NO3.C2H4O2/c1-14(2,3)18-13(17)12(16)11(15)9-10-7-5-4-6-8-10;1-2(3)4/h4-8,11-12,16H,9,15H2,1-3H3;1H3,(H,3,4)/t11-,12-;/m0./s1. The highest BCUT2D eigenvalue weighted by Crippen LogP contribution is 2.11. The number of carboxylic acid groups (broad SMARTS) is 1. The number of aliphatic hydroxyl groups is 1. The molecule has 0 saturated heterocycles. The van der Waals surface area contributed by atoms with Crippen molar-refractivity contribution in [1.82, 2.24) is 0 Å². The van der Waals surface area contributed by atoms with Gasteiger partial charge in [-0.3, -0.25) is 4.79 Å². The van der Waals surface area contributed by atoms with E-state index in [9.17, 15) is 9.90 Å². The third-order valence-corrected chi connectivity index (χ3v) is 2.37. The van der Waals surface area contributed by atoms with Crippen LogP contribution >= 0.6 is 0 Å². The van der Waals surface area contributed by atoms with Crippen LogP contribution in [0.3, 0.4) is 0 Å². The van der Waals surface area contributed by atoms with Crippen LogP contribution in [-0.2, 0) is 20.7 Å². The summed E-state index contributed by atoms with van der Waals surface area (Å²) in [5.74, 6) is -1.51. The number of carbonyl (C=O) groups is 2. The largest absolute Gasteiger partial charge is 0.481 e. The predicted molar refractivity (Wildman–Crippen MR) is 83.3 cm³/mol. The van der Waals surface area contributed by atoms with Crippen LogP contribution in [0, 0.1) is 0 Å². The number of rotatable bonds is 4. The van der Waals surface area contributed by atoms with E-state index in [1.54, 1.807) is 20.8 Å². The molecule has 1 aromatic carbocycles. The highest BCUT2D eigenvalue weighted by molar-refractivity contribution is 5.75. The van der Waals surface area contributed by atoms with Gasteiger partial charge in [0.15, 0.2) is 6.10 Å². The van der Waals surface area contributed by atoms with E-state index < -0.39 is 29.7 Å². The number of benzene rings is 1. The van der Waals surface area contributed by atoms with Crippen LogP contribution in [0.25, 0.3) is 0 Å². The van der Waals surface area contributed by atoms with Gasteiger partial charge in [-0.1, -0.05) is 30.3 Å². The van der Waals surface area contributed by atoms with Gasteiger partial charge in [0.1, 0.15) is 5.60 Å². The normalized spacial score (nSPS) is 13.4. The number of aliphatic carboxylic acids is 1. The number of aliphatic hydroxyl groups excluding tert-OH is 1. The third kappa shape index (κ3) is 9.90. The van der Waals surface area contributed by atoms with Crippen molar-refractivity contribution < 1.29 is 24.5 Å². The van der Waals surface area contributed by atoms with Crippen LogP contribution in [0.15, 0.2) is 30.3 Å². The van der Waals surface area contributed by atoms with E-state index in [-0.39, 0.29) is 0 Å². The number of carbonyl (C=O) groups excluding carboxylic acids is 1. The summed E-state index contributed by atoms with van der Waals surface area (Å²) in [5.41, 5.74) is 6.18. The Morgan fingerprint density at radius 3 is 2.09 bits per heavy atom. The topological polar surface area (TPSA) is 110 Å². The Labute approximate surface area is 130 Å². The van der Waals surface area contributed by atoms with E-state index in [1.807, 2.05) is 30.3 Å². The summed E-state index contributed by atoms with van der Waals surface area (Å²) in [5, 5.41) is 17.2. The molecule has 0 aliphatic carbocycles. The third-order valence-electron chi connectivity index (χ3n) is 2.37. The van der Waals surface area contributed by atoms with Crippen LogP contribution in [0.4, 0.5) is 0 Å². The molecule has 0 radical (unpaired) electrons. The molecular formula is C16H25NO5. The van der Waals surface area contributed by atoms with E-state index >= 15 is 0 Å². The summed E-state index contributed by atoms with van der Waals surface area (Å²) in [6, 6.07) is 8.83. The van der Waals surface area contributed by atoms with Gasteiger partial charge in [-0.05, 0) is 32.8 Å². The van der Waals surface area contributed by atoms with Crippen molar-refractivity contribution in [2.24, 2.45) is 5.73 Å². The molecule has 0 spiro atoms. The van der Waals surface area contributed by atoms with Crippen molar-refractivity contribution >= 4 is 11.9 Å². The fraction of sp³-hybridized carbons (Fsp3) is 0.500. The molecule has 0 fully saturated rings. The fourth-order valence-electron chi connectivity index (χ4n) is 1.53. The number of nitrogens with two attached hydrogens (primary N) is 1. The predicted octanol–water partition coefficient (Wildman–Crippen LogP) is 1.35. The van der Waals surface area contributed by atoms with E-state index in [1.165, 1.54) is 0 Å². The van der Waals surface area contributed by atoms with E-state index in [0.717, 1.165) is 12.5 Å². The Morgan fingerprint density at radius 2 is 1.68 bits per heavy atom. The molecule has 0 amide bonds. The summed E-state index contributed by atoms with van der Waals surface area (Å²) in [6.45, 7) is 6.33. The monoisotopic (exact) mass is 311 g/mol. The lowest BCUT2D eigenvalue weighted by molar-refractivity contribution is -0.166. The lowest BCUT2D eigenvalue weighted by Crippen LogP contribution is -2.45. The van der Waals surface area contributed by atoms with Crippen LogP contribution in [0.1, 0.15) is 33.3 Å². The molecule has 0 heterocycles. The summed E-state index contributed by atoms with van der Waals surface area (Å²) >= 11 is 0. The maximum absolute atomic E-state index is 11.6. The van der Waals surface area contributed by atoms with Crippen LogP contribution in [-0.4, -0.2) is 39.9 Å². The number of esters is 1. The highest BCUT2D eigenvalue weighted by Gasteiger charge is 2.28. The highest BCUT2D eigenvalue weighted by atomic mass is 16.6. The van der Waals surface area contributed by atoms with Gasteiger partial charge in [0, 0.05) is 13.0 Å². The Hall–Kier alpha value is -1.92. The number of ether oxygens (including phenoxy) is 1. The smallest absolute Gasteiger partial charge is 0.337 e. The van der Waals surface area contributed by atoms with E-state index in [0.29, 0.717) is 6.42 Å². The van der Waals surface area contributed by atoms with Gasteiger partial charge >= 0.3 is 5.97 Å². The summed E-state index contributed by atoms with van der Waals surface area (Å²) in [7, 11) is 0. The second-order valence-corrected chi connectivity index (χ2v) is 5.85. The second-order valence-electron chi connectivity index (χ2n) is 5.85. The van der Waals surface area contributed by atoms with Crippen molar-refractivity contribution in [1.29, 1.82) is 0 Å². The zero-order valence-electron chi connectivity index (χ0n) is 13.4. The Balaban J connectivity index is 0.000000980. The molecule has 1 rings (SSSR count). The zero-order chi connectivity index (χ0) is 17.3. The number of hydrogen-bond donors (Lipinski definition) is 3. The molecule has 0 aliphatic heterocycles. The molecule has 0 unspecified atom stereocenters. The average Bonchev–Trinajstić information content (AvgIpc) is 2.36. The second kappa shape index (κ2) is 9.17. The van der Waals surface area contributed by atoms with Gasteiger partial charge in [-0.25, -0.2) is 4.79 Å². The Morgan fingerprint density at radius 1 is 1.23 bits per heavy atom. The minimum Gasteiger partial charge on any atom is -0.481 e. The first-order valence-electron chi connectivity index (χ1n) is 6.93. The van der Waals surface area contributed by atoms with Crippen molar-refractivity contribution in [3.05, 3.63) is 35.9 Å². The molecule has 2 atom stereocenters. The first-order chi connectivity index (χ1) is 10.0. The summed E-state index contributed by atoms with van der Waals surface area (Å²) in [6.07, 6.45) is -0.870. The SMILES string of the molecule is CC(=O)O.CC(C)(C)OC(=O)[C@@H](O)[C@@H](N)Cc1ccccc1. The fourth-order valence-corrected chi connectivity index (χ4v) is 1.53. The first kappa shape index (κ1) is 20.1. The summed E-state index contributed by atoms with van der Waals surface area (Å²) < 4.78 is 5.09. The molecule has 0 aromatic heterocycles. The van der Waals surface area contributed by atoms with Gasteiger partial charge in [0.2, 0.25) is 0 Å². The van der Waals surface area contributed by atoms with Crippen molar-refractivity contribution in [2.45, 2.75) is 51.9 Å². The van der Waals surface area contributed by atoms with Crippen molar-refractivity contribution in [3.8, 4) is 0 Å². The molecular weight excluding hydrogens is 286 g/mol. The zero-order valence-corrected chi connectivity index (χ0v) is 13.4. The molecule has 0 aliphatic rings. The van der Waals surface area contributed by atoms with Gasteiger partial charge in [-0.2, -0.15) is 0 Å². The molecule has 4 N–H and O–H groups in total. The van der Waals surface area contributed by atoms with Crippen LogP contribution < -0.4 is 5.73 Å². The minimum atomic E-state index is -1.30. The average molecular weight is 311 g/mol. The minimum absolute atomic E-state index is 0.432. The molecule has 0 bridgehead atoms. The lowest BCUT2D eigenvalue weighted by Gasteiger charge is -2.24. The molecule has 6 nitrogen and oxygen atoms in total. The van der Waals surface area contributed by atoms with Crippen molar-refractivity contribution in [2.75, 3.05) is 0 Å². The lowest BCUT2D eigenvalue weighted by atomic mass is 10.0. The van der Waals surface area contributed by atoms with E-state index in [4.69, 9.17) is 20.4 Å². The van der Waals surface area contributed by atoms with Gasteiger partial charge < -0.3 is 20.7 Å². The molecule has 124 valence electrons. The quantitative estimate of drug-likeness (QED) is 0.724. The summed E-state index contributed by atoms with van der Waals surface area (Å²) in [4.78, 5) is 20.6. The Bertz CT molecular complexity index is 463. The van der Waals surface area contributed by atoms with E-state index in [2.05, 4.69) is 0 Å². The van der Waals surface area contributed by atoms with Crippen LogP contribution in [0.2, 0.25) is 0 Å². The number of carboxylic acids is 1. The van der Waals surface area contributed by atoms with Gasteiger partial charge in [0.05, 0.1) is 0 Å². The molecule has 22 heavy (non-hydrogen) atoms. The molecule has 0 saturated carbocycles. The maximum Gasteiger partial charge on any atom is 0.337 e. The number of hydrogen-bond acceptors (Lipinski definition) is 5. The Kier molecular flexibility index (Phi) is 8.37. The maximum atomic E-state index is 11.6. The van der Waals surface area contributed by atoms with Gasteiger partial charge in [-0.15, -0.1) is 0 Å². The molecule has 1 aromatic rings. The van der Waals surface area contributed by atoms with Crippen molar-refractivity contribution in [3.63, 3.8) is 0 Å². The first-order valence-corrected chi connectivity index (χ1v) is 6.93. The molecule has 6 heteroatoms. The van der Waals surface area contributed by atoms with Crippen LogP contribution in [0.5, 0.6) is 0 Å².